The van der Waals surface area contributed by atoms with Crippen LogP contribution in [0.3, 0.4) is 0 Å². The first-order valence-corrected chi connectivity index (χ1v) is 10.3. The Morgan fingerprint density at radius 1 is 1.14 bits per heavy atom. The molecule has 2 aromatic carbocycles. The molecule has 1 atom stereocenters. The van der Waals surface area contributed by atoms with Gasteiger partial charge in [0, 0.05) is 9.90 Å². The maximum Gasteiger partial charge on any atom is 0.271 e. The van der Waals surface area contributed by atoms with E-state index >= 15 is 0 Å². The lowest BCUT2D eigenvalue weighted by Gasteiger charge is -2.13. The van der Waals surface area contributed by atoms with Crippen molar-refractivity contribution < 1.29 is 9.84 Å². The SMILES string of the molecule is O=c1c2sc(-c3ccc(Cl)cc3)cc2ncn1CC(O)COCc1ccccc1. The van der Waals surface area contributed by atoms with Gasteiger partial charge in [0.25, 0.3) is 5.56 Å². The molecule has 29 heavy (non-hydrogen) atoms. The number of fused-ring (bicyclic) bond motifs is 1. The average molecular weight is 427 g/mol. The summed E-state index contributed by atoms with van der Waals surface area (Å²) >= 11 is 7.33. The molecule has 0 aliphatic heterocycles. The zero-order valence-electron chi connectivity index (χ0n) is 15.5. The van der Waals surface area contributed by atoms with Crippen molar-refractivity contribution in [3.63, 3.8) is 0 Å². The lowest BCUT2D eigenvalue weighted by atomic mass is 10.2. The molecule has 1 unspecified atom stereocenters. The Morgan fingerprint density at radius 2 is 1.90 bits per heavy atom. The van der Waals surface area contributed by atoms with Crippen LogP contribution in [0.15, 0.2) is 71.8 Å². The zero-order chi connectivity index (χ0) is 20.2. The molecule has 0 spiro atoms. The van der Waals surface area contributed by atoms with Crippen LogP contribution in [0.1, 0.15) is 5.56 Å². The summed E-state index contributed by atoms with van der Waals surface area (Å²) in [5, 5.41) is 10.9. The predicted octanol–water partition coefficient (Wildman–Crippen LogP) is 4.36. The summed E-state index contributed by atoms with van der Waals surface area (Å²) in [4.78, 5) is 18.2. The van der Waals surface area contributed by atoms with Gasteiger partial charge in [-0.1, -0.05) is 54.1 Å². The molecule has 148 valence electrons. The fourth-order valence-electron chi connectivity index (χ4n) is 3.00. The van der Waals surface area contributed by atoms with E-state index in [1.54, 1.807) is 0 Å². The second-order valence-corrected chi connectivity index (χ2v) is 8.18. The van der Waals surface area contributed by atoms with Crippen LogP contribution in [0.4, 0.5) is 0 Å². The van der Waals surface area contributed by atoms with Gasteiger partial charge in [-0.15, -0.1) is 11.3 Å². The Bertz CT molecular complexity index is 1160. The van der Waals surface area contributed by atoms with Gasteiger partial charge >= 0.3 is 0 Å². The summed E-state index contributed by atoms with van der Waals surface area (Å²) in [5.74, 6) is 0. The number of hydrogen-bond donors (Lipinski definition) is 1. The zero-order valence-corrected chi connectivity index (χ0v) is 17.1. The molecule has 1 N–H and O–H groups in total. The molecule has 0 fully saturated rings. The third-order valence-corrected chi connectivity index (χ3v) is 5.88. The molecule has 0 amide bonds. The Hall–Kier alpha value is -2.51. The number of aliphatic hydroxyl groups is 1. The average Bonchev–Trinajstić information content (AvgIpc) is 3.17. The van der Waals surface area contributed by atoms with Crippen molar-refractivity contribution in [1.29, 1.82) is 0 Å². The number of ether oxygens (including phenoxy) is 1. The molecule has 0 bridgehead atoms. The van der Waals surface area contributed by atoms with Crippen molar-refractivity contribution >= 4 is 33.2 Å². The van der Waals surface area contributed by atoms with E-state index in [4.69, 9.17) is 16.3 Å². The Morgan fingerprint density at radius 3 is 2.66 bits per heavy atom. The van der Waals surface area contributed by atoms with Gasteiger partial charge in [0.05, 0.1) is 37.7 Å². The molecule has 0 aliphatic rings. The maximum atomic E-state index is 12.8. The number of halogens is 1. The van der Waals surface area contributed by atoms with Gasteiger partial charge in [0.15, 0.2) is 0 Å². The number of thiophene rings is 1. The molecular weight excluding hydrogens is 408 g/mol. The quantitative estimate of drug-likeness (QED) is 0.477. The second kappa shape index (κ2) is 8.88. The third kappa shape index (κ3) is 4.74. The van der Waals surface area contributed by atoms with Gasteiger partial charge in [-0.05, 0) is 29.3 Å². The van der Waals surface area contributed by atoms with Crippen molar-refractivity contribution in [1.82, 2.24) is 9.55 Å². The molecule has 0 saturated carbocycles. The molecule has 5 nitrogen and oxygen atoms in total. The van der Waals surface area contributed by atoms with Gasteiger partial charge in [-0.25, -0.2) is 4.98 Å². The largest absolute Gasteiger partial charge is 0.389 e. The van der Waals surface area contributed by atoms with E-state index in [2.05, 4.69) is 4.98 Å². The smallest absolute Gasteiger partial charge is 0.271 e. The summed E-state index contributed by atoms with van der Waals surface area (Å²) < 4.78 is 7.55. The topological polar surface area (TPSA) is 64.4 Å². The molecule has 2 aromatic heterocycles. The minimum atomic E-state index is -0.800. The van der Waals surface area contributed by atoms with Crippen molar-refractivity contribution in [3.8, 4) is 10.4 Å². The van der Waals surface area contributed by atoms with Crippen LogP contribution in [-0.2, 0) is 17.9 Å². The van der Waals surface area contributed by atoms with Crippen LogP contribution in [0.2, 0.25) is 5.02 Å². The van der Waals surface area contributed by atoms with Crippen LogP contribution in [0.5, 0.6) is 0 Å². The molecule has 0 saturated heterocycles. The maximum absolute atomic E-state index is 12.8. The van der Waals surface area contributed by atoms with E-state index in [-0.39, 0.29) is 18.7 Å². The second-order valence-electron chi connectivity index (χ2n) is 6.69. The first kappa shape index (κ1) is 19.8. The number of aliphatic hydroxyl groups excluding tert-OH is 1. The standard InChI is InChI=1S/C22H19ClN2O3S/c23-17-8-6-16(7-9-17)20-10-19-21(29-20)22(27)25(14-24-19)11-18(26)13-28-12-15-4-2-1-3-5-15/h1-10,14,18,26H,11-13H2. The summed E-state index contributed by atoms with van der Waals surface area (Å²) in [7, 11) is 0. The van der Waals surface area contributed by atoms with Gasteiger partial charge in [-0.3, -0.25) is 9.36 Å². The fraction of sp³-hybridized carbons (Fsp3) is 0.182. The fourth-order valence-corrected chi connectivity index (χ4v) is 4.19. The lowest BCUT2D eigenvalue weighted by Crippen LogP contribution is -2.29. The Labute approximate surface area is 176 Å². The van der Waals surface area contributed by atoms with E-state index in [1.165, 1.54) is 22.2 Å². The molecule has 7 heteroatoms. The van der Waals surface area contributed by atoms with Gasteiger partial charge in [0.1, 0.15) is 4.70 Å². The third-order valence-electron chi connectivity index (χ3n) is 4.46. The summed E-state index contributed by atoms with van der Waals surface area (Å²) in [5.41, 5.74) is 2.50. The molecule has 4 rings (SSSR count). The van der Waals surface area contributed by atoms with Gasteiger partial charge in [-0.2, -0.15) is 0 Å². The van der Waals surface area contributed by atoms with E-state index in [0.29, 0.717) is 21.8 Å². The van der Waals surface area contributed by atoms with E-state index in [0.717, 1.165) is 16.0 Å². The summed E-state index contributed by atoms with van der Waals surface area (Å²) in [6.07, 6.45) is 0.676. The molecule has 4 aromatic rings. The molecule has 0 aliphatic carbocycles. The van der Waals surface area contributed by atoms with Crippen LogP contribution >= 0.6 is 22.9 Å². The van der Waals surface area contributed by atoms with E-state index in [9.17, 15) is 9.90 Å². The monoisotopic (exact) mass is 426 g/mol. The minimum Gasteiger partial charge on any atom is -0.389 e. The van der Waals surface area contributed by atoms with Crippen molar-refractivity contribution in [3.05, 3.63) is 87.9 Å². The van der Waals surface area contributed by atoms with Crippen LogP contribution in [0.25, 0.3) is 20.7 Å². The van der Waals surface area contributed by atoms with Crippen molar-refractivity contribution in [2.75, 3.05) is 6.61 Å². The summed E-state index contributed by atoms with van der Waals surface area (Å²) in [6.45, 7) is 0.685. The normalized spacial score (nSPS) is 12.3. The highest BCUT2D eigenvalue weighted by molar-refractivity contribution is 7.22. The van der Waals surface area contributed by atoms with E-state index in [1.807, 2.05) is 60.7 Å². The highest BCUT2D eigenvalue weighted by atomic mass is 35.5. The Kier molecular flexibility index (Phi) is 6.06. The van der Waals surface area contributed by atoms with Crippen LogP contribution in [-0.4, -0.2) is 27.4 Å². The molecule has 0 radical (unpaired) electrons. The number of benzene rings is 2. The van der Waals surface area contributed by atoms with Crippen molar-refractivity contribution in [2.24, 2.45) is 0 Å². The summed E-state index contributed by atoms with van der Waals surface area (Å²) in [6, 6.07) is 19.1. The number of hydrogen-bond acceptors (Lipinski definition) is 5. The van der Waals surface area contributed by atoms with Gasteiger partial charge in [0.2, 0.25) is 0 Å². The van der Waals surface area contributed by atoms with Crippen molar-refractivity contribution in [2.45, 2.75) is 19.3 Å². The molecule has 2 heterocycles. The predicted molar refractivity (Wildman–Crippen MR) is 116 cm³/mol. The van der Waals surface area contributed by atoms with Gasteiger partial charge < -0.3 is 9.84 Å². The minimum absolute atomic E-state index is 0.130. The Balaban J connectivity index is 1.45. The lowest BCUT2D eigenvalue weighted by molar-refractivity contribution is 0.0198. The number of rotatable bonds is 7. The number of nitrogens with zero attached hydrogens (tertiary/aromatic N) is 2. The van der Waals surface area contributed by atoms with Crippen LogP contribution < -0.4 is 5.56 Å². The highest BCUT2D eigenvalue weighted by Crippen LogP contribution is 2.31. The highest BCUT2D eigenvalue weighted by Gasteiger charge is 2.13. The van der Waals surface area contributed by atoms with E-state index < -0.39 is 6.10 Å². The first-order valence-electron chi connectivity index (χ1n) is 9.15. The molecular formula is C22H19ClN2O3S. The first-order chi connectivity index (χ1) is 14.1. The van der Waals surface area contributed by atoms with Crippen LogP contribution in [0, 0.1) is 0 Å². The number of aromatic nitrogens is 2.